The monoisotopic (exact) mass is 344 g/mol. The number of aliphatic carboxylic acids is 1. The molecule has 7 nitrogen and oxygen atoms in total. The summed E-state index contributed by atoms with van der Waals surface area (Å²) >= 11 is 0. The van der Waals surface area contributed by atoms with Gasteiger partial charge >= 0.3 is 5.97 Å². The molecule has 0 radical (unpaired) electrons. The lowest BCUT2D eigenvalue weighted by atomic mass is 10.1. The van der Waals surface area contributed by atoms with Crippen LogP contribution in [0.5, 0.6) is 0 Å². The number of amides is 1. The van der Waals surface area contributed by atoms with Crippen molar-refractivity contribution in [1.82, 2.24) is 4.90 Å². The maximum absolute atomic E-state index is 14.1. The number of carboxylic acid groups (broad SMARTS) is 1. The molecule has 0 aromatic heterocycles. The Morgan fingerprint density at radius 1 is 1.35 bits per heavy atom. The Morgan fingerprint density at radius 3 is 2.43 bits per heavy atom. The highest BCUT2D eigenvalue weighted by Crippen LogP contribution is 2.28. The minimum atomic E-state index is -4.01. The number of carboxylic acids is 1. The van der Waals surface area contributed by atoms with E-state index in [0.29, 0.717) is 11.1 Å². The summed E-state index contributed by atoms with van der Waals surface area (Å²) in [7, 11) is -4.01. The smallest absolute Gasteiger partial charge is 0.343 e. The molecule has 1 aromatic rings. The number of primary sulfonamides is 1. The summed E-state index contributed by atoms with van der Waals surface area (Å²) in [6, 6.07) is 2.62. The Labute approximate surface area is 132 Å². The molecule has 1 aliphatic rings. The molecule has 0 aliphatic carbocycles. The molecule has 23 heavy (non-hydrogen) atoms. The van der Waals surface area contributed by atoms with Gasteiger partial charge in [-0.15, -0.1) is 0 Å². The molecular weight excluding hydrogens is 327 g/mol. The van der Waals surface area contributed by atoms with E-state index in [1.807, 2.05) is 0 Å². The van der Waals surface area contributed by atoms with Gasteiger partial charge < -0.3 is 10.0 Å². The van der Waals surface area contributed by atoms with Gasteiger partial charge in [-0.1, -0.05) is 0 Å². The van der Waals surface area contributed by atoms with Crippen LogP contribution in [0.4, 0.5) is 4.39 Å². The van der Waals surface area contributed by atoms with E-state index in [-0.39, 0.29) is 23.4 Å². The number of aryl methyl sites for hydroxylation is 1. The van der Waals surface area contributed by atoms with Gasteiger partial charge in [-0.25, -0.2) is 22.7 Å². The van der Waals surface area contributed by atoms with Crippen molar-refractivity contribution in [2.75, 3.05) is 13.1 Å². The first-order valence-electron chi connectivity index (χ1n) is 6.81. The minimum absolute atomic E-state index is 0.0340. The van der Waals surface area contributed by atoms with Crippen molar-refractivity contribution >= 4 is 21.9 Å². The Kier molecular flexibility index (Phi) is 4.20. The topological polar surface area (TPSA) is 118 Å². The van der Waals surface area contributed by atoms with Crippen LogP contribution < -0.4 is 5.14 Å². The predicted octanol–water partition coefficient (Wildman–Crippen LogP) is 0.590. The first kappa shape index (κ1) is 17.4. The van der Waals surface area contributed by atoms with Crippen LogP contribution in [0.15, 0.2) is 17.0 Å². The largest absolute Gasteiger partial charge is 0.479 e. The predicted molar refractivity (Wildman–Crippen MR) is 79.3 cm³/mol. The van der Waals surface area contributed by atoms with Crippen LogP contribution in [-0.2, 0) is 14.8 Å². The summed E-state index contributed by atoms with van der Waals surface area (Å²) in [5.41, 5.74) is -1.47. The van der Waals surface area contributed by atoms with Crippen LogP contribution in [0.2, 0.25) is 0 Å². The van der Waals surface area contributed by atoms with Crippen molar-refractivity contribution in [3.63, 3.8) is 0 Å². The molecule has 1 unspecified atom stereocenters. The molecule has 0 saturated carbocycles. The first-order chi connectivity index (χ1) is 10.5. The molecule has 1 fully saturated rings. The number of rotatable bonds is 3. The third kappa shape index (κ3) is 3.20. The highest BCUT2D eigenvalue weighted by atomic mass is 32.2. The molecule has 1 amide bonds. The van der Waals surface area contributed by atoms with Crippen LogP contribution in [0, 0.1) is 13.8 Å². The number of sulfonamides is 1. The van der Waals surface area contributed by atoms with Crippen LogP contribution in [0.25, 0.3) is 0 Å². The number of likely N-dealkylation sites (tertiary alicyclic amines) is 1. The highest BCUT2D eigenvalue weighted by molar-refractivity contribution is 7.89. The molecule has 1 atom stereocenters. The zero-order chi connectivity index (χ0) is 17.6. The van der Waals surface area contributed by atoms with Crippen molar-refractivity contribution in [2.24, 2.45) is 5.14 Å². The molecule has 2 rings (SSSR count). The highest BCUT2D eigenvalue weighted by Gasteiger charge is 2.47. The maximum atomic E-state index is 14.1. The fraction of sp³-hybridized carbons (Fsp3) is 0.429. The molecule has 1 heterocycles. The van der Waals surface area contributed by atoms with E-state index < -0.39 is 34.1 Å². The molecule has 1 aliphatic heterocycles. The normalized spacial score (nSPS) is 21.5. The minimum Gasteiger partial charge on any atom is -0.479 e. The van der Waals surface area contributed by atoms with E-state index >= 15 is 0 Å². The number of hydrogen-bond donors (Lipinski definition) is 2. The second-order valence-electron chi connectivity index (χ2n) is 5.71. The number of carbonyl (C=O) groups excluding carboxylic acids is 1. The average molecular weight is 344 g/mol. The Morgan fingerprint density at radius 2 is 1.96 bits per heavy atom. The van der Waals surface area contributed by atoms with Gasteiger partial charge in [0.25, 0.3) is 5.91 Å². The molecule has 0 spiro atoms. The SMILES string of the molecule is Cc1cc(C(=O)N2CCC(F)(C(=O)O)C2)cc(S(N)(=O)=O)c1C. The van der Waals surface area contributed by atoms with E-state index in [9.17, 15) is 22.4 Å². The third-order valence-corrected chi connectivity index (χ3v) is 5.10. The lowest BCUT2D eigenvalue weighted by molar-refractivity contribution is -0.149. The number of hydrogen-bond acceptors (Lipinski definition) is 4. The van der Waals surface area contributed by atoms with E-state index in [1.54, 1.807) is 13.8 Å². The van der Waals surface area contributed by atoms with Crippen molar-refractivity contribution in [2.45, 2.75) is 30.8 Å². The van der Waals surface area contributed by atoms with Crippen LogP contribution in [0.1, 0.15) is 27.9 Å². The van der Waals surface area contributed by atoms with Crippen LogP contribution >= 0.6 is 0 Å². The van der Waals surface area contributed by atoms with E-state index in [2.05, 4.69) is 0 Å². The fourth-order valence-corrected chi connectivity index (χ4v) is 3.43. The van der Waals surface area contributed by atoms with Gasteiger partial charge in [0.1, 0.15) is 0 Å². The van der Waals surface area contributed by atoms with Gasteiger partial charge in [-0.2, -0.15) is 0 Å². The van der Waals surface area contributed by atoms with Crippen molar-refractivity contribution in [3.8, 4) is 0 Å². The quantitative estimate of drug-likeness (QED) is 0.832. The van der Waals surface area contributed by atoms with Gasteiger partial charge in [0, 0.05) is 18.5 Å². The molecule has 3 N–H and O–H groups in total. The second kappa shape index (κ2) is 5.57. The summed E-state index contributed by atoms with van der Waals surface area (Å²) in [5, 5.41) is 14.0. The number of nitrogens with two attached hydrogens (primary N) is 1. The second-order valence-corrected chi connectivity index (χ2v) is 7.24. The zero-order valence-corrected chi connectivity index (χ0v) is 13.5. The van der Waals surface area contributed by atoms with Crippen LogP contribution in [-0.4, -0.2) is 49.1 Å². The first-order valence-corrected chi connectivity index (χ1v) is 8.36. The maximum Gasteiger partial charge on any atom is 0.343 e. The lowest BCUT2D eigenvalue weighted by Gasteiger charge is -2.19. The summed E-state index contributed by atoms with van der Waals surface area (Å²) in [4.78, 5) is 24.2. The van der Waals surface area contributed by atoms with Crippen molar-refractivity contribution in [3.05, 3.63) is 28.8 Å². The Bertz CT molecular complexity index is 793. The Balaban J connectivity index is 2.39. The van der Waals surface area contributed by atoms with Crippen molar-refractivity contribution in [1.29, 1.82) is 0 Å². The summed E-state index contributed by atoms with van der Waals surface area (Å²) < 4.78 is 37.3. The van der Waals surface area contributed by atoms with E-state index in [1.165, 1.54) is 6.07 Å². The zero-order valence-electron chi connectivity index (χ0n) is 12.7. The number of alkyl halides is 1. The van der Waals surface area contributed by atoms with Crippen LogP contribution in [0.3, 0.4) is 0 Å². The van der Waals surface area contributed by atoms with Gasteiger partial charge in [-0.05, 0) is 37.1 Å². The Hall–Kier alpha value is -2.00. The summed E-state index contributed by atoms with van der Waals surface area (Å²) in [6.45, 7) is 2.57. The van der Waals surface area contributed by atoms with Gasteiger partial charge in [-0.3, -0.25) is 4.79 Å². The van der Waals surface area contributed by atoms with E-state index in [0.717, 1.165) is 11.0 Å². The number of benzene rings is 1. The molecule has 1 saturated heterocycles. The average Bonchev–Trinajstić information content (AvgIpc) is 2.83. The van der Waals surface area contributed by atoms with Gasteiger partial charge in [0.2, 0.25) is 15.7 Å². The number of halogens is 1. The molecule has 0 bridgehead atoms. The lowest BCUT2D eigenvalue weighted by Crippen LogP contribution is -2.39. The molecule has 126 valence electrons. The van der Waals surface area contributed by atoms with Crippen molar-refractivity contribution < 1.29 is 27.5 Å². The molecule has 9 heteroatoms. The number of nitrogens with zero attached hydrogens (tertiary/aromatic N) is 1. The number of carbonyl (C=O) groups is 2. The standard InChI is InChI=1S/C14H17FN2O5S/c1-8-5-10(6-11(9(8)2)23(16,21)22)12(18)17-4-3-14(15,7-17)13(19)20/h5-6H,3-4,7H2,1-2H3,(H,19,20)(H2,16,21,22). The van der Waals surface area contributed by atoms with E-state index in [4.69, 9.17) is 10.2 Å². The fourth-order valence-electron chi connectivity index (χ4n) is 2.55. The summed E-state index contributed by atoms with van der Waals surface area (Å²) in [5.74, 6) is -2.24. The van der Waals surface area contributed by atoms with Gasteiger partial charge in [0.15, 0.2) is 0 Å². The van der Waals surface area contributed by atoms with Gasteiger partial charge in [0.05, 0.1) is 11.4 Å². The third-order valence-electron chi connectivity index (χ3n) is 4.06. The molecule has 1 aromatic carbocycles. The molecular formula is C14H17FN2O5S. The summed E-state index contributed by atoms with van der Waals surface area (Å²) in [6.07, 6.45) is -0.305.